The van der Waals surface area contributed by atoms with Crippen molar-refractivity contribution in [3.63, 3.8) is 0 Å². The molecule has 3 rings (SSSR count). The van der Waals surface area contributed by atoms with Crippen LogP contribution in [0, 0.1) is 0 Å². The summed E-state index contributed by atoms with van der Waals surface area (Å²) in [4.78, 5) is 23.7. The lowest BCUT2D eigenvalue weighted by Crippen LogP contribution is -2.20. The molecule has 2 aromatic rings. The SMILES string of the molecule is CC(C)c1ccccc1NC(=O)CSc1nnc(CCC(N)=O)n1CC1CCCO1. The van der Waals surface area contributed by atoms with Gasteiger partial charge in [-0.15, -0.1) is 10.2 Å². The smallest absolute Gasteiger partial charge is 0.234 e. The molecule has 1 aromatic carbocycles. The molecule has 0 radical (unpaired) electrons. The van der Waals surface area contributed by atoms with Gasteiger partial charge >= 0.3 is 0 Å². The Morgan fingerprint density at radius 1 is 1.33 bits per heavy atom. The number of nitrogens with two attached hydrogens (primary N) is 1. The number of nitrogens with zero attached hydrogens (tertiary/aromatic N) is 3. The average Bonchev–Trinajstić information content (AvgIpc) is 3.35. The van der Waals surface area contributed by atoms with Gasteiger partial charge in [0.1, 0.15) is 5.82 Å². The number of anilines is 1. The number of aromatic nitrogens is 3. The summed E-state index contributed by atoms with van der Waals surface area (Å²) in [5.41, 5.74) is 7.22. The third kappa shape index (κ3) is 6.06. The molecule has 1 fully saturated rings. The van der Waals surface area contributed by atoms with E-state index < -0.39 is 0 Å². The van der Waals surface area contributed by atoms with Crippen molar-refractivity contribution in [1.29, 1.82) is 0 Å². The number of benzene rings is 1. The van der Waals surface area contributed by atoms with Gasteiger partial charge in [0.2, 0.25) is 11.8 Å². The van der Waals surface area contributed by atoms with E-state index in [4.69, 9.17) is 10.5 Å². The van der Waals surface area contributed by atoms with E-state index in [1.54, 1.807) is 0 Å². The maximum absolute atomic E-state index is 12.6. The molecule has 162 valence electrons. The topological polar surface area (TPSA) is 112 Å². The van der Waals surface area contributed by atoms with Gasteiger partial charge in [-0.05, 0) is 30.4 Å². The Balaban J connectivity index is 1.66. The van der Waals surface area contributed by atoms with Crippen LogP contribution in [-0.2, 0) is 27.3 Å². The predicted octanol–water partition coefficient (Wildman–Crippen LogP) is 2.73. The van der Waals surface area contributed by atoms with Crippen molar-refractivity contribution in [2.24, 2.45) is 5.73 Å². The standard InChI is InChI=1S/C21H29N5O3S/c1-14(2)16-7-3-4-8-17(16)23-20(28)13-30-21-25-24-19(10-9-18(22)27)26(21)12-15-6-5-11-29-15/h3-4,7-8,14-15H,5-6,9-13H2,1-2H3,(H2,22,27)(H,23,28). The minimum atomic E-state index is -0.376. The summed E-state index contributed by atoms with van der Waals surface area (Å²) in [5, 5.41) is 12.1. The molecule has 30 heavy (non-hydrogen) atoms. The highest BCUT2D eigenvalue weighted by Gasteiger charge is 2.22. The van der Waals surface area contributed by atoms with Crippen LogP contribution in [-0.4, -0.2) is 45.0 Å². The molecule has 3 N–H and O–H groups in total. The van der Waals surface area contributed by atoms with Crippen LogP contribution in [0.15, 0.2) is 29.4 Å². The fourth-order valence-electron chi connectivity index (χ4n) is 3.45. The van der Waals surface area contributed by atoms with E-state index in [9.17, 15) is 9.59 Å². The fourth-order valence-corrected chi connectivity index (χ4v) is 4.22. The summed E-state index contributed by atoms with van der Waals surface area (Å²) >= 11 is 1.33. The number of primary amides is 1. The molecule has 0 saturated carbocycles. The second kappa shape index (κ2) is 10.6. The van der Waals surface area contributed by atoms with Crippen molar-refractivity contribution >= 4 is 29.3 Å². The van der Waals surface area contributed by atoms with E-state index >= 15 is 0 Å². The zero-order valence-corrected chi connectivity index (χ0v) is 18.3. The van der Waals surface area contributed by atoms with Crippen molar-refractivity contribution in [1.82, 2.24) is 14.8 Å². The fraction of sp³-hybridized carbons (Fsp3) is 0.524. The van der Waals surface area contributed by atoms with Gasteiger partial charge in [-0.3, -0.25) is 9.59 Å². The molecule has 0 aliphatic carbocycles. The number of para-hydroxylation sites is 1. The van der Waals surface area contributed by atoms with E-state index in [1.165, 1.54) is 11.8 Å². The van der Waals surface area contributed by atoms with Crippen LogP contribution in [0.5, 0.6) is 0 Å². The van der Waals surface area contributed by atoms with Crippen molar-refractivity contribution in [2.75, 3.05) is 17.7 Å². The first-order chi connectivity index (χ1) is 14.4. The third-order valence-corrected chi connectivity index (χ3v) is 5.95. The minimum absolute atomic E-state index is 0.0967. The molecule has 9 heteroatoms. The molecule has 8 nitrogen and oxygen atoms in total. The lowest BCUT2D eigenvalue weighted by atomic mass is 10.0. The lowest BCUT2D eigenvalue weighted by molar-refractivity contribution is -0.118. The van der Waals surface area contributed by atoms with E-state index in [0.29, 0.717) is 29.9 Å². The molecule has 0 spiro atoms. The van der Waals surface area contributed by atoms with Gasteiger partial charge in [-0.2, -0.15) is 0 Å². The zero-order chi connectivity index (χ0) is 21.5. The number of hydrogen-bond acceptors (Lipinski definition) is 6. The Kier molecular flexibility index (Phi) is 7.87. The summed E-state index contributed by atoms with van der Waals surface area (Å²) in [5.74, 6) is 0.748. The Morgan fingerprint density at radius 3 is 2.83 bits per heavy atom. The molecular formula is C21H29N5O3S. The van der Waals surface area contributed by atoms with Crippen LogP contribution in [0.3, 0.4) is 0 Å². The maximum atomic E-state index is 12.6. The molecular weight excluding hydrogens is 402 g/mol. The number of carbonyl (C=O) groups excluding carboxylic acids is 2. The monoisotopic (exact) mass is 431 g/mol. The van der Waals surface area contributed by atoms with E-state index in [1.807, 2.05) is 28.8 Å². The lowest BCUT2D eigenvalue weighted by Gasteiger charge is -2.15. The number of hydrogen-bond donors (Lipinski definition) is 2. The van der Waals surface area contributed by atoms with Crippen LogP contribution >= 0.6 is 11.8 Å². The summed E-state index contributed by atoms with van der Waals surface area (Å²) in [6.45, 7) is 5.56. The molecule has 2 amide bonds. The van der Waals surface area contributed by atoms with Crippen LogP contribution in [0.4, 0.5) is 5.69 Å². The second-order valence-corrected chi connectivity index (χ2v) is 8.63. The third-order valence-electron chi connectivity index (χ3n) is 4.99. The number of rotatable bonds is 10. The first-order valence-electron chi connectivity index (χ1n) is 10.3. The highest BCUT2D eigenvalue weighted by molar-refractivity contribution is 7.99. The zero-order valence-electron chi connectivity index (χ0n) is 17.5. The Morgan fingerprint density at radius 2 is 2.13 bits per heavy atom. The number of carbonyl (C=O) groups is 2. The van der Waals surface area contributed by atoms with Crippen LogP contribution in [0.2, 0.25) is 0 Å². The molecule has 1 aliphatic heterocycles. The van der Waals surface area contributed by atoms with Gasteiger partial charge in [-0.25, -0.2) is 0 Å². The summed E-state index contributed by atoms with van der Waals surface area (Å²) in [6.07, 6.45) is 2.73. The van der Waals surface area contributed by atoms with Crippen LogP contribution in [0.25, 0.3) is 0 Å². The van der Waals surface area contributed by atoms with Gasteiger partial charge in [0.05, 0.1) is 18.4 Å². The summed E-state index contributed by atoms with van der Waals surface area (Å²) < 4.78 is 7.70. The Hall–Kier alpha value is -2.39. The molecule has 1 atom stereocenters. The van der Waals surface area contributed by atoms with Gasteiger partial charge in [0.25, 0.3) is 0 Å². The van der Waals surface area contributed by atoms with Crippen molar-refractivity contribution in [3.8, 4) is 0 Å². The average molecular weight is 432 g/mol. The van der Waals surface area contributed by atoms with E-state index in [0.717, 1.165) is 30.7 Å². The van der Waals surface area contributed by atoms with E-state index in [2.05, 4.69) is 29.4 Å². The molecule has 1 aliphatic rings. The van der Waals surface area contributed by atoms with Crippen molar-refractivity contribution < 1.29 is 14.3 Å². The van der Waals surface area contributed by atoms with Crippen molar-refractivity contribution in [3.05, 3.63) is 35.7 Å². The van der Waals surface area contributed by atoms with Crippen LogP contribution < -0.4 is 11.1 Å². The highest BCUT2D eigenvalue weighted by atomic mass is 32.2. The van der Waals surface area contributed by atoms with Gasteiger partial charge < -0.3 is 20.4 Å². The number of ether oxygens (including phenoxy) is 1. The highest BCUT2D eigenvalue weighted by Crippen LogP contribution is 2.25. The van der Waals surface area contributed by atoms with Crippen molar-refractivity contribution in [2.45, 2.75) is 63.3 Å². The summed E-state index contributed by atoms with van der Waals surface area (Å²) in [7, 11) is 0. The first-order valence-corrected chi connectivity index (χ1v) is 11.3. The van der Waals surface area contributed by atoms with Gasteiger partial charge in [0.15, 0.2) is 5.16 Å². The predicted molar refractivity (Wildman–Crippen MR) is 116 cm³/mol. The number of thioether (sulfide) groups is 1. The minimum Gasteiger partial charge on any atom is -0.376 e. The van der Waals surface area contributed by atoms with Crippen LogP contribution in [0.1, 0.15) is 50.4 Å². The van der Waals surface area contributed by atoms with E-state index in [-0.39, 0.29) is 30.1 Å². The normalized spacial score (nSPS) is 16.2. The molecule has 1 saturated heterocycles. The summed E-state index contributed by atoms with van der Waals surface area (Å²) in [6, 6.07) is 7.83. The van der Waals surface area contributed by atoms with Gasteiger partial charge in [0, 0.05) is 25.1 Å². The molecule has 0 bridgehead atoms. The molecule has 2 heterocycles. The molecule has 1 aromatic heterocycles. The quantitative estimate of drug-likeness (QED) is 0.560. The second-order valence-electron chi connectivity index (χ2n) is 7.69. The number of aryl methyl sites for hydroxylation is 1. The molecule has 1 unspecified atom stereocenters. The number of amides is 2. The van der Waals surface area contributed by atoms with Gasteiger partial charge in [-0.1, -0.05) is 43.8 Å². The Labute approximate surface area is 181 Å². The maximum Gasteiger partial charge on any atom is 0.234 e. The number of nitrogens with one attached hydrogen (secondary N) is 1. The largest absolute Gasteiger partial charge is 0.376 e. The first kappa shape index (κ1) is 22.3. The Bertz CT molecular complexity index is 877.